The van der Waals surface area contributed by atoms with E-state index in [4.69, 9.17) is 11.6 Å². The van der Waals surface area contributed by atoms with Gasteiger partial charge in [-0.15, -0.1) is 0 Å². The number of nitro groups is 1. The fraction of sp³-hybridized carbons (Fsp3) is 0.0833. The van der Waals surface area contributed by atoms with Crippen LogP contribution < -0.4 is 5.32 Å². The number of benzene rings is 1. The van der Waals surface area contributed by atoms with E-state index >= 15 is 0 Å². The Balaban J connectivity index is 2.46. The van der Waals surface area contributed by atoms with Crippen LogP contribution in [-0.2, 0) is 0 Å². The standard InChI is InChI=1S/C12H10ClN3O2/c1-8-7-10(13)15-12(11(8)16(17)18)14-9-5-3-2-4-6-9/h2-7H,1H3,(H,14,15). The number of nitrogens with one attached hydrogen (secondary N) is 1. The molecule has 18 heavy (non-hydrogen) atoms. The Hall–Kier alpha value is -2.14. The average Bonchev–Trinajstić information content (AvgIpc) is 2.28. The third-order valence-corrected chi connectivity index (χ3v) is 2.56. The highest BCUT2D eigenvalue weighted by Gasteiger charge is 2.20. The number of pyridine rings is 1. The van der Waals surface area contributed by atoms with Crippen LogP contribution in [0.3, 0.4) is 0 Å². The lowest BCUT2D eigenvalue weighted by Crippen LogP contribution is -2.02. The number of hydrogen-bond acceptors (Lipinski definition) is 4. The van der Waals surface area contributed by atoms with E-state index < -0.39 is 4.92 Å². The fourth-order valence-electron chi connectivity index (χ4n) is 1.60. The van der Waals surface area contributed by atoms with Crippen LogP contribution in [0.25, 0.3) is 0 Å². The molecule has 0 aliphatic carbocycles. The van der Waals surface area contributed by atoms with Gasteiger partial charge in [-0.3, -0.25) is 10.1 Å². The number of anilines is 2. The van der Waals surface area contributed by atoms with Crippen LogP contribution in [0.1, 0.15) is 5.56 Å². The van der Waals surface area contributed by atoms with E-state index in [-0.39, 0.29) is 16.7 Å². The summed E-state index contributed by atoms with van der Waals surface area (Å²) in [6.45, 7) is 1.63. The van der Waals surface area contributed by atoms with Gasteiger partial charge >= 0.3 is 5.69 Å². The quantitative estimate of drug-likeness (QED) is 0.521. The number of aryl methyl sites for hydroxylation is 1. The van der Waals surface area contributed by atoms with Gasteiger partial charge in [-0.2, -0.15) is 0 Å². The van der Waals surface area contributed by atoms with Crippen LogP contribution in [0.2, 0.25) is 5.15 Å². The topological polar surface area (TPSA) is 68.1 Å². The number of nitrogens with zero attached hydrogens (tertiary/aromatic N) is 2. The van der Waals surface area contributed by atoms with Gasteiger partial charge in [-0.25, -0.2) is 4.98 Å². The van der Waals surface area contributed by atoms with Crippen molar-refractivity contribution >= 4 is 28.8 Å². The van der Waals surface area contributed by atoms with Crippen LogP contribution >= 0.6 is 11.6 Å². The molecule has 0 bridgehead atoms. The minimum atomic E-state index is -0.468. The Morgan fingerprint density at radius 2 is 2.00 bits per heavy atom. The van der Waals surface area contributed by atoms with Crippen molar-refractivity contribution in [1.29, 1.82) is 0 Å². The van der Waals surface area contributed by atoms with E-state index in [0.717, 1.165) is 5.69 Å². The van der Waals surface area contributed by atoms with Crippen LogP contribution in [0.5, 0.6) is 0 Å². The van der Waals surface area contributed by atoms with E-state index in [1.54, 1.807) is 19.1 Å². The molecule has 5 nitrogen and oxygen atoms in total. The van der Waals surface area contributed by atoms with Gasteiger partial charge in [0.1, 0.15) is 5.15 Å². The first-order valence-corrected chi connectivity index (χ1v) is 5.59. The lowest BCUT2D eigenvalue weighted by molar-refractivity contribution is -0.384. The Morgan fingerprint density at radius 3 is 2.61 bits per heavy atom. The van der Waals surface area contributed by atoms with Crippen LogP contribution in [-0.4, -0.2) is 9.91 Å². The lowest BCUT2D eigenvalue weighted by Gasteiger charge is -2.08. The van der Waals surface area contributed by atoms with E-state index in [1.807, 2.05) is 18.2 Å². The first kappa shape index (κ1) is 12.3. The van der Waals surface area contributed by atoms with Crippen LogP contribution in [0.4, 0.5) is 17.2 Å². The molecular formula is C12H10ClN3O2. The Bertz CT molecular complexity index is 587. The lowest BCUT2D eigenvalue weighted by atomic mass is 10.2. The minimum absolute atomic E-state index is 0.0664. The molecule has 0 unspecified atom stereocenters. The summed E-state index contributed by atoms with van der Waals surface area (Å²) in [5.74, 6) is 0.149. The molecule has 0 aliphatic heterocycles. The second kappa shape index (κ2) is 5.01. The molecule has 0 aliphatic rings. The molecule has 0 atom stereocenters. The van der Waals surface area contributed by atoms with Gasteiger partial charge in [0.05, 0.1) is 4.92 Å². The number of hydrogen-bond donors (Lipinski definition) is 1. The molecule has 0 fully saturated rings. The minimum Gasteiger partial charge on any atom is -0.334 e. The molecule has 92 valence electrons. The zero-order valence-electron chi connectivity index (χ0n) is 9.55. The van der Waals surface area contributed by atoms with Gasteiger partial charge in [-0.1, -0.05) is 29.8 Å². The molecule has 1 heterocycles. The van der Waals surface area contributed by atoms with Crippen molar-refractivity contribution in [3.05, 3.63) is 57.2 Å². The second-order valence-corrected chi connectivity index (χ2v) is 4.09. The van der Waals surface area contributed by atoms with Crippen molar-refractivity contribution in [3.63, 3.8) is 0 Å². The maximum atomic E-state index is 11.0. The molecule has 6 heteroatoms. The maximum Gasteiger partial charge on any atom is 0.314 e. The molecule has 2 rings (SSSR count). The van der Waals surface area contributed by atoms with Crippen molar-refractivity contribution < 1.29 is 4.92 Å². The summed E-state index contributed by atoms with van der Waals surface area (Å²) < 4.78 is 0. The Labute approximate surface area is 109 Å². The molecule has 0 saturated heterocycles. The smallest absolute Gasteiger partial charge is 0.314 e. The normalized spacial score (nSPS) is 10.1. The summed E-state index contributed by atoms with van der Waals surface area (Å²) in [4.78, 5) is 14.5. The predicted molar refractivity (Wildman–Crippen MR) is 70.4 cm³/mol. The second-order valence-electron chi connectivity index (χ2n) is 3.71. The van der Waals surface area contributed by atoms with Crippen molar-refractivity contribution in [3.8, 4) is 0 Å². The highest BCUT2D eigenvalue weighted by atomic mass is 35.5. The van der Waals surface area contributed by atoms with Gasteiger partial charge in [0.25, 0.3) is 0 Å². The van der Waals surface area contributed by atoms with Gasteiger partial charge < -0.3 is 5.32 Å². The molecule has 1 aromatic carbocycles. The summed E-state index contributed by atoms with van der Waals surface area (Å²) in [6.07, 6.45) is 0. The third-order valence-electron chi connectivity index (χ3n) is 2.37. The molecule has 0 amide bonds. The maximum absolute atomic E-state index is 11.0. The largest absolute Gasteiger partial charge is 0.334 e. The van der Waals surface area contributed by atoms with Gasteiger partial charge in [0, 0.05) is 11.3 Å². The summed E-state index contributed by atoms with van der Waals surface area (Å²) in [6, 6.07) is 10.6. The van der Waals surface area contributed by atoms with E-state index in [0.29, 0.717) is 5.56 Å². The van der Waals surface area contributed by atoms with Crippen molar-refractivity contribution in [1.82, 2.24) is 4.98 Å². The van der Waals surface area contributed by atoms with Crippen LogP contribution in [0.15, 0.2) is 36.4 Å². The molecule has 0 saturated carbocycles. The van der Waals surface area contributed by atoms with Gasteiger partial charge in [0.15, 0.2) is 0 Å². The molecule has 0 spiro atoms. The van der Waals surface area contributed by atoms with E-state index in [1.165, 1.54) is 6.07 Å². The highest BCUT2D eigenvalue weighted by molar-refractivity contribution is 6.29. The highest BCUT2D eigenvalue weighted by Crippen LogP contribution is 2.30. The predicted octanol–water partition coefficient (Wildman–Crippen LogP) is 3.70. The van der Waals surface area contributed by atoms with Gasteiger partial charge in [0.2, 0.25) is 5.82 Å². The SMILES string of the molecule is Cc1cc(Cl)nc(Nc2ccccc2)c1[N+](=O)[O-]. The number of rotatable bonds is 3. The molecule has 2 aromatic rings. The van der Waals surface area contributed by atoms with Crippen molar-refractivity contribution in [2.24, 2.45) is 0 Å². The van der Waals surface area contributed by atoms with Crippen LogP contribution in [0, 0.1) is 17.0 Å². The number of para-hydroxylation sites is 1. The third kappa shape index (κ3) is 2.57. The summed E-state index contributed by atoms with van der Waals surface area (Å²) in [5, 5.41) is 14.1. The Morgan fingerprint density at radius 1 is 1.33 bits per heavy atom. The average molecular weight is 264 g/mol. The van der Waals surface area contributed by atoms with Crippen molar-refractivity contribution in [2.45, 2.75) is 6.92 Å². The van der Waals surface area contributed by atoms with Gasteiger partial charge in [-0.05, 0) is 25.1 Å². The summed E-state index contributed by atoms with van der Waals surface area (Å²) in [7, 11) is 0. The summed E-state index contributed by atoms with van der Waals surface area (Å²) in [5.41, 5.74) is 1.12. The van der Waals surface area contributed by atoms with E-state index in [2.05, 4.69) is 10.3 Å². The zero-order chi connectivity index (χ0) is 13.1. The molecule has 0 radical (unpaired) electrons. The number of aromatic nitrogens is 1. The summed E-state index contributed by atoms with van der Waals surface area (Å²) >= 11 is 5.82. The Kier molecular flexibility index (Phi) is 3.43. The number of halogens is 1. The van der Waals surface area contributed by atoms with E-state index in [9.17, 15) is 10.1 Å². The molecular weight excluding hydrogens is 254 g/mol. The first-order valence-electron chi connectivity index (χ1n) is 5.21. The van der Waals surface area contributed by atoms with Crippen molar-refractivity contribution in [2.75, 3.05) is 5.32 Å². The first-order chi connectivity index (χ1) is 8.58. The fourth-order valence-corrected chi connectivity index (χ4v) is 1.85. The monoisotopic (exact) mass is 263 g/mol. The zero-order valence-corrected chi connectivity index (χ0v) is 10.3. The molecule has 1 N–H and O–H groups in total. The molecule has 1 aromatic heterocycles.